The standard InChI is InChI=1S/C10H14BrN3OS2/c1-14(16)10(15)13-5-6-17-7-9-8(11)3-2-4-12-9/h2-4,16H,5-7H2,1H3,(H,13,15). The van der Waals surface area contributed by atoms with E-state index < -0.39 is 0 Å². The minimum atomic E-state index is -0.187. The Labute approximate surface area is 119 Å². The zero-order valence-electron chi connectivity index (χ0n) is 9.39. The first kappa shape index (κ1) is 14.7. The maximum Gasteiger partial charge on any atom is 0.326 e. The molecule has 0 radical (unpaired) electrons. The molecule has 0 aliphatic heterocycles. The number of hydrogen-bond acceptors (Lipinski definition) is 4. The maximum atomic E-state index is 11.1. The summed E-state index contributed by atoms with van der Waals surface area (Å²) in [5, 5.41) is 2.74. The molecule has 4 nitrogen and oxygen atoms in total. The van der Waals surface area contributed by atoms with Crippen LogP contribution in [0.4, 0.5) is 4.79 Å². The Kier molecular flexibility index (Phi) is 6.76. The first-order chi connectivity index (χ1) is 8.11. The molecule has 94 valence electrons. The first-order valence-electron chi connectivity index (χ1n) is 4.99. The minimum Gasteiger partial charge on any atom is -0.336 e. The van der Waals surface area contributed by atoms with Crippen molar-refractivity contribution in [2.24, 2.45) is 0 Å². The van der Waals surface area contributed by atoms with Crippen LogP contribution in [0.2, 0.25) is 0 Å². The van der Waals surface area contributed by atoms with Gasteiger partial charge in [-0.25, -0.2) is 4.79 Å². The average Bonchev–Trinajstić information content (AvgIpc) is 2.30. The Hall–Kier alpha value is -0.400. The van der Waals surface area contributed by atoms with Crippen molar-refractivity contribution < 1.29 is 4.79 Å². The lowest BCUT2D eigenvalue weighted by atomic mass is 10.4. The van der Waals surface area contributed by atoms with Gasteiger partial charge in [0, 0.05) is 35.8 Å². The number of amides is 2. The van der Waals surface area contributed by atoms with Gasteiger partial charge in [0.1, 0.15) is 0 Å². The highest BCUT2D eigenvalue weighted by Gasteiger charge is 2.03. The van der Waals surface area contributed by atoms with Crippen LogP contribution in [0.25, 0.3) is 0 Å². The van der Waals surface area contributed by atoms with Crippen LogP contribution in [-0.4, -0.2) is 34.7 Å². The van der Waals surface area contributed by atoms with E-state index in [1.165, 1.54) is 4.31 Å². The summed E-state index contributed by atoms with van der Waals surface area (Å²) in [6.07, 6.45) is 1.78. The van der Waals surface area contributed by atoms with Gasteiger partial charge in [-0.2, -0.15) is 11.8 Å². The molecule has 0 saturated heterocycles. The number of carbonyl (C=O) groups excluding carboxylic acids is 1. The number of hydrogen-bond donors (Lipinski definition) is 2. The fourth-order valence-electron chi connectivity index (χ4n) is 1.04. The van der Waals surface area contributed by atoms with Crippen LogP contribution in [0.15, 0.2) is 22.8 Å². The average molecular weight is 336 g/mol. The van der Waals surface area contributed by atoms with Gasteiger partial charge in [0.05, 0.1) is 5.69 Å². The van der Waals surface area contributed by atoms with E-state index in [1.807, 2.05) is 12.1 Å². The molecule has 0 aliphatic carbocycles. The van der Waals surface area contributed by atoms with E-state index in [9.17, 15) is 4.79 Å². The van der Waals surface area contributed by atoms with Gasteiger partial charge in [-0.15, -0.1) is 0 Å². The van der Waals surface area contributed by atoms with E-state index in [0.29, 0.717) is 6.54 Å². The van der Waals surface area contributed by atoms with Gasteiger partial charge in [0.2, 0.25) is 0 Å². The van der Waals surface area contributed by atoms with E-state index in [1.54, 1.807) is 25.0 Å². The summed E-state index contributed by atoms with van der Waals surface area (Å²) in [5.74, 6) is 1.67. The second-order valence-electron chi connectivity index (χ2n) is 3.24. The molecule has 0 aliphatic rings. The molecule has 1 rings (SSSR count). The second-order valence-corrected chi connectivity index (χ2v) is 5.80. The van der Waals surface area contributed by atoms with Crippen molar-refractivity contribution in [3.05, 3.63) is 28.5 Å². The Balaban J connectivity index is 2.17. The molecule has 0 atom stereocenters. The van der Waals surface area contributed by atoms with Crippen LogP contribution in [0, 0.1) is 0 Å². The molecule has 1 aromatic heterocycles. The van der Waals surface area contributed by atoms with Crippen LogP contribution >= 0.6 is 40.5 Å². The van der Waals surface area contributed by atoms with Gasteiger partial charge in [-0.3, -0.25) is 9.29 Å². The molecule has 2 amide bonds. The van der Waals surface area contributed by atoms with E-state index >= 15 is 0 Å². The smallest absolute Gasteiger partial charge is 0.326 e. The molecular formula is C10H14BrN3OS2. The lowest BCUT2D eigenvalue weighted by Gasteiger charge is -2.10. The molecular weight excluding hydrogens is 322 g/mol. The third-order valence-electron chi connectivity index (χ3n) is 1.89. The van der Waals surface area contributed by atoms with Crippen molar-refractivity contribution in [2.75, 3.05) is 19.3 Å². The second kappa shape index (κ2) is 7.84. The number of nitrogens with zero attached hydrogens (tertiary/aromatic N) is 2. The molecule has 0 aromatic carbocycles. The number of thiol groups is 1. The molecule has 7 heteroatoms. The fraction of sp³-hybridized carbons (Fsp3) is 0.400. The van der Waals surface area contributed by atoms with Crippen LogP contribution in [0.1, 0.15) is 5.69 Å². The summed E-state index contributed by atoms with van der Waals surface area (Å²) in [4.78, 5) is 15.4. The van der Waals surface area contributed by atoms with Crippen molar-refractivity contribution in [3.63, 3.8) is 0 Å². The van der Waals surface area contributed by atoms with Crippen LogP contribution < -0.4 is 5.32 Å². The van der Waals surface area contributed by atoms with E-state index in [4.69, 9.17) is 0 Å². The summed E-state index contributed by atoms with van der Waals surface area (Å²) in [6, 6.07) is 3.68. The SMILES string of the molecule is CN(S)C(=O)NCCSCc1ncccc1Br. The maximum absolute atomic E-state index is 11.1. The van der Waals surface area contributed by atoms with Crippen LogP contribution in [0.3, 0.4) is 0 Å². The molecule has 0 spiro atoms. The zero-order valence-corrected chi connectivity index (χ0v) is 12.7. The third-order valence-corrected chi connectivity index (χ3v) is 3.76. The number of pyridine rings is 1. The number of aromatic nitrogens is 1. The number of halogens is 1. The summed E-state index contributed by atoms with van der Waals surface area (Å²) in [5.41, 5.74) is 1.02. The number of carbonyl (C=O) groups is 1. The summed E-state index contributed by atoms with van der Waals surface area (Å²) in [7, 11) is 1.59. The van der Waals surface area contributed by atoms with Crippen molar-refractivity contribution in [3.8, 4) is 0 Å². The number of thioether (sulfide) groups is 1. The van der Waals surface area contributed by atoms with Crippen molar-refractivity contribution in [1.82, 2.24) is 14.6 Å². The van der Waals surface area contributed by atoms with Crippen LogP contribution in [-0.2, 0) is 5.75 Å². The Morgan fingerprint density at radius 1 is 1.71 bits per heavy atom. The predicted octanol–water partition coefficient (Wildman–Crippen LogP) is 2.56. The van der Waals surface area contributed by atoms with Gasteiger partial charge >= 0.3 is 6.03 Å². The van der Waals surface area contributed by atoms with Crippen molar-refractivity contribution in [2.45, 2.75) is 5.75 Å². The number of nitrogens with one attached hydrogen (secondary N) is 1. The Bertz CT molecular complexity index is 376. The molecule has 1 N–H and O–H groups in total. The monoisotopic (exact) mass is 335 g/mol. The topological polar surface area (TPSA) is 45.2 Å². The summed E-state index contributed by atoms with van der Waals surface area (Å²) >= 11 is 9.06. The third kappa shape index (κ3) is 5.65. The van der Waals surface area contributed by atoms with E-state index in [-0.39, 0.29) is 6.03 Å². The van der Waals surface area contributed by atoms with Gasteiger partial charge in [0.25, 0.3) is 0 Å². The summed E-state index contributed by atoms with van der Waals surface area (Å²) in [6.45, 7) is 0.624. The zero-order chi connectivity index (χ0) is 12.7. The highest BCUT2D eigenvalue weighted by atomic mass is 79.9. The molecule has 1 heterocycles. The number of rotatable bonds is 5. The van der Waals surface area contributed by atoms with E-state index in [2.05, 4.69) is 39.0 Å². The highest BCUT2D eigenvalue weighted by molar-refractivity contribution is 9.10. The highest BCUT2D eigenvalue weighted by Crippen LogP contribution is 2.18. The molecule has 0 bridgehead atoms. The molecule has 0 unspecified atom stereocenters. The Morgan fingerprint density at radius 3 is 3.12 bits per heavy atom. The first-order valence-corrected chi connectivity index (χ1v) is 7.33. The number of urea groups is 1. The molecule has 17 heavy (non-hydrogen) atoms. The van der Waals surface area contributed by atoms with Crippen molar-refractivity contribution >= 4 is 46.5 Å². The van der Waals surface area contributed by atoms with Crippen molar-refractivity contribution in [1.29, 1.82) is 0 Å². The lowest BCUT2D eigenvalue weighted by Crippen LogP contribution is -2.32. The van der Waals surface area contributed by atoms with Gasteiger partial charge in [-0.05, 0) is 28.1 Å². The van der Waals surface area contributed by atoms with E-state index in [0.717, 1.165) is 21.7 Å². The fourth-order valence-corrected chi connectivity index (χ4v) is 2.50. The van der Waals surface area contributed by atoms with Gasteiger partial charge in [-0.1, -0.05) is 12.8 Å². The van der Waals surface area contributed by atoms with Crippen LogP contribution in [0.5, 0.6) is 0 Å². The Morgan fingerprint density at radius 2 is 2.47 bits per heavy atom. The molecule has 1 aromatic rings. The minimum absolute atomic E-state index is 0.187. The quantitative estimate of drug-likeness (QED) is 0.642. The molecule has 0 saturated carbocycles. The molecule has 0 fully saturated rings. The van der Waals surface area contributed by atoms with Gasteiger partial charge < -0.3 is 5.32 Å². The lowest BCUT2D eigenvalue weighted by molar-refractivity contribution is 0.231. The summed E-state index contributed by atoms with van der Waals surface area (Å²) < 4.78 is 2.24. The normalized spacial score (nSPS) is 10.1. The largest absolute Gasteiger partial charge is 0.336 e. The van der Waals surface area contributed by atoms with Gasteiger partial charge in [0.15, 0.2) is 0 Å². The predicted molar refractivity (Wildman–Crippen MR) is 78.2 cm³/mol.